The van der Waals surface area contributed by atoms with Crippen molar-refractivity contribution in [2.24, 2.45) is 5.92 Å². The van der Waals surface area contributed by atoms with Crippen LogP contribution in [0.1, 0.15) is 50.2 Å². The van der Waals surface area contributed by atoms with Crippen LogP contribution < -0.4 is 5.32 Å². The number of nitrogens with one attached hydrogen (secondary N) is 1. The quantitative estimate of drug-likeness (QED) is 0.875. The lowest BCUT2D eigenvalue weighted by atomic mass is 9.82. The maximum absolute atomic E-state index is 12.8. The molecule has 23 heavy (non-hydrogen) atoms. The largest absolute Gasteiger partial charge is 0.343 e. The number of hydrogen-bond acceptors (Lipinski definition) is 1. The number of rotatable bonds is 4. The van der Waals surface area contributed by atoms with E-state index in [0.717, 1.165) is 24.0 Å². The molecule has 1 saturated carbocycles. The average Bonchev–Trinajstić information content (AvgIpc) is 2.64. The molecule has 2 aromatic carbocycles. The summed E-state index contributed by atoms with van der Waals surface area (Å²) < 4.78 is 0. The van der Waals surface area contributed by atoms with E-state index in [4.69, 9.17) is 0 Å². The monoisotopic (exact) mass is 307 g/mol. The zero-order valence-corrected chi connectivity index (χ0v) is 13.8. The van der Waals surface area contributed by atoms with Crippen molar-refractivity contribution in [3.8, 4) is 0 Å². The molecule has 0 heterocycles. The molecule has 120 valence electrons. The normalized spacial score (nSPS) is 16.0. The fourth-order valence-electron chi connectivity index (χ4n) is 3.57. The second kappa shape index (κ2) is 6.99. The van der Waals surface area contributed by atoms with Gasteiger partial charge in [-0.1, -0.05) is 79.9 Å². The molecule has 0 bridgehead atoms. The minimum atomic E-state index is -0.489. The minimum Gasteiger partial charge on any atom is -0.343 e. The highest BCUT2D eigenvalue weighted by Gasteiger charge is 2.33. The predicted molar refractivity (Wildman–Crippen MR) is 94.1 cm³/mol. The first kappa shape index (κ1) is 15.8. The molecule has 2 nitrogen and oxygen atoms in total. The van der Waals surface area contributed by atoms with E-state index >= 15 is 0 Å². The van der Waals surface area contributed by atoms with Gasteiger partial charge in [-0.3, -0.25) is 4.79 Å². The van der Waals surface area contributed by atoms with Crippen LogP contribution in [0.25, 0.3) is 0 Å². The van der Waals surface area contributed by atoms with E-state index in [1.807, 2.05) is 36.4 Å². The van der Waals surface area contributed by atoms with Crippen molar-refractivity contribution in [3.63, 3.8) is 0 Å². The van der Waals surface area contributed by atoms with Gasteiger partial charge in [-0.25, -0.2) is 0 Å². The van der Waals surface area contributed by atoms with Gasteiger partial charge in [-0.05, 0) is 30.9 Å². The molecule has 1 N–H and O–H groups in total. The van der Waals surface area contributed by atoms with Gasteiger partial charge >= 0.3 is 0 Å². The van der Waals surface area contributed by atoms with Crippen LogP contribution in [0.3, 0.4) is 0 Å². The second-order valence-corrected chi connectivity index (χ2v) is 6.68. The lowest BCUT2D eigenvalue weighted by Crippen LogP contribution is -2.47. The summed E-state index contributed by atoms with van der Waals surface area (Å²) in [6.45, 7) is 2.11. The molecule has 1 aliphatic carbocycles. The van der Waals surface area contributed by atoms with Gasteiger partial charge in [0.1, 0.15) is 0 Å². The van der Waals surface area contributed by atoms with Crippen LogP contribution >= 0.6 is 0 Å². The van der Waals surface area contributed by atoms with Crippen molar-refractivity contribution in [1.29, 1.82) is 0 Å². The van der Waals surface area contributed by atoms with E-state index in [0.29, 0.717) is 0 Å². The van der Waals surface area contributed by atoms with Crippen LogP contribution in [-0.4, -0.2) is 5.91 Å². The third kappa shape index (κ3) is 3.47. The van der Waals surface area contributed by atoms with Crippen LogP contribution in [0.2, 0.25) is 0 Å². The Bertz CT molecular complexity index is 590. The van der Waals surface area contributed by atoms with Crippen LogP contribution in [0.15, 0.2) is 60.7 Å². The molecule has 0 saturated heterocycles. The highest BCUT2D eigenvalue weighted by Crippen LogP contribution is 2.31. The van der Waals surface area contributed by atoms with Gasteiger partial charge in [0.15, 0.2) is 0 Å². The van der Waals surface area contributed by atoms with Crippen molar-refractivity contribution < 1.29 is 4.79 Å². The third-order valence-corrected chi connectivity index (χ3v) is 5.05. The van der Waals surface area contributed by atoms with Crippen molar-refractivity contribution in [1.82, 2.24) is 5.32 Å². The molecule has 1 fully saturated rings. The highest BCUT2D eigenvalue weighted by molar-refractivity contribution is 5.80. The van der Waals surface area contributed by atoms with Gasteiger partial charge < -0.3 is 5.32 Å². The van der Waals surface area contributed by atoms with Gasteiger partial charge in [-0.2, -0.15) is 0 Å². The summed E-state index contributed by atoms with van der Waals surface area (Å²) in [4.78, 5) is 12.8. The number of carbonyl (C=O) groups is 1. The Hall–Kier alpha value is -2.09. The van der Waals surface area contributed by atoms with E-state index < -0.39 is 5.54 Å². The Morgan fingerprint density at radius 2 is 1.35 bits per heavy atom. The second-order valence-electron chi connectivity index (χ2n) is 6.68. The van der Waals surface area contributed by atoms with Gasteiger partial charge in [0.25, 0.3) is 0 Å². The highest BCUT2D eigenvalue weighted by atomic mass is 16.2. The van der Waals surface area contributed by atoms with E-state index in [1.165, 1.54) is 19.3 Å². The Kier molecular flexibility index (Phi) is 4.80. The minimum absolute atomic E-state index is 0.162. The molecule has 2 aromatic rings. The van der Waals surface area contributed by atoms with E-state index in [-0.39, 0.29) is 11.8 Å². The fourth-order valence-corrected chi connectivity index (χ4v) is 3.57. The SMILES string of the molecule is CC(NC(=O)C1CCCCC1)(c1ccccc1)c1ccccc1. The summed E-state index contributed by atoms with van der Waals surface area (Å²) in [6, 6.07) is 20.5. The maximum atomic E-state index is 12.8. The molecular weight excluding hydrogens is 282 g/mol. The first-order valence-corrected chi connectivity index (χ1v) is 8.63. The number of hydrogen-bond donors (Lipinski definition) is 1. The fraction of sp³-hybridized carbons (Fsp3) is 0.381. The van der Waals surface area contributed by atoms with E-state index in [1.54, 1.807) is 0 Å². The number of benzene rings is 2. The van der Waals surface area contributed by atoms with Crippen molar-refractivity contribution >= 4 is 5.91 Å². The average molecular weight is 307 g/mol. The first-order valence-electron chi connectivity index (χ1n) is 8.63. The summed E-state index contributed by atoms with van der Waals surface area (Å²) in [7, 11) is 0. The predicted octanol–water partition coefficient (Wildman–Crippen LogP) is 4.65. The van der Waals surface area contributed by atoms with Gasteiger partial charge in [0, 0.05) is 5.92 Å². The van der Waals surface area contributed by atoms with Gasteiger partial charge in [0.2, 0.25) is 5.91 Å². The zero-order valence-electron chi connectivity index (χ0n) is 13.8. The summed E-state index contributed by atoms with van der Waals surface area (Å²) in [5.74, 6) is 0.357. The zero-order chi connectivity index (χ0) is 16.1. The summed E-state index contributed by atoms with van der Waals surface area (Å²) >= 11 is 0. The van der Waals surface area contributed by atoms with Gasteiger partial charge in [0.05, 0.1) is 5.54 Å². The number of amides is 1. The molecule has 0 aliphatic heterocycles. The Labute approximate surface area is 138 Å². The third-order valence-electron chi connectivity index (χ3n) is 5.05. The first-order chi connectivity index (χ1) is 11.2. The lowest BCUT2D eigenvalue weighted by molar-refractivity contribution is -0.127. The molecule has 0 spiro atoms. The summed E-state index contributed by atoms with van der Waals surface area (Å²) in [5.41, 5.74) is 1.75. The summed E-state index contributed by atoms with van der Waals surface area (Å²) in [6.07, 6.45) is 5.65. The molecule has 3 rings (SSSR count). The molecule has 0 radical (unpaired) electrons. The van der Waals surface area contributed by atoms with Crippen molar-refractivity contribution in [2.45, 2.75) is 44.6 Å². The maximum Gasteiger partial charge on any atom is 0.224 e. The Morgan fingerprint density at radius 3 is 1.83 bits per heavy atom. The summed E-state index contributed by atoms with van der Waals surface area (Å²) in [5, 5.41) is 3.36. The van der Waals surface area contributed by atoms with Crippen molar-refractivity contribution in [3.05, 3.63) is 71.8 Å². The molecule has 1 aliphatic rings. The molecule has 1 amide bonds. The van der Waals surface area contributed by atoms with E-state index in [2.05, 4.69) is 36.5 Å². The molecule has 0 atom stereocenters. The molecule has 0 aromatic heterocycles. The molecule has 2 heteroatoms. The Morgan fingerprint density at radius 1 is 0.870 bits per heavy atom. The smallest absolute Gasteiger partial charge is 0.224 e. The molecular formula is C21H25NO. The van der Waals surface area contributed by atoms with Crippen molar-refractivity contribution in [2.75, 3.05) is 0 Å². The van der Waals surface area contributed by atoms with Crippen LogP contribution in [0, 0.1) is 5.92 Å². The lowest BCUT2D eigenvalue weighted by Gasteiger charge is -2.34. The van der Waals surface area contributed by atoms with Crippen LogP contribution in [0.4, 0.5) is 0 Å². The van der Waals surface area contributed by atoms with Gasteiger partial charge in [-0.15, -0.1) is 0 Å². The number of carbonyl (C=O) groups excluding carboxylic acids is 1. The standard InChI is InChI=1S/C21H25NO/c1-21(18-13-7-3-8-14-18,19-15-9-4-10-16-19)22-20(23)17-11-5-2-6-12-17/h3-4,7-10,13-17H,2,5-6,11-12H2,1H3,(H,22,23). The Balaban J connectivity index is 1.91. The topological polar surface area (TPSA) is 29.1 Å². The van der Waals surface area contributed by atoms with Crippen LogP contribution in [-0.2, 0) is 10.3 Å². The van der Waals surface area contributed by atoms with E-state index in [9.17, 15) is 4.79 Å². The molecule has 0 unspecified atom stereocenters. The van der Waals surface area contributed by atoms with Crippen LogP contribution in [0.5, 0.6) is 0 Å².